The number of hydrogen-bond acceptors (Lipinski definition) is 3. The number of hydrogen-bond donors (Lipinski definition) is 1. The van der Waals surface area contributed by atoms with Crippen LogP contribution < -0.4 is 10.1 Å². The van der Waals surface area contributed by atoms with Gasteiger partial charge in [-0.25, -0.2) is 0 Å². The Bertz CT molecular complexity index is 724. The predicted octanol–water partition coefficient (Wildman–Crippen LogP) is 3.15. The fourth-order valence-electron chi connectivity index (χ4n) is 3.33. The van der Waals surface area contributed by atoms with Crippen molar-refractivity contribution in [3.63, 3.8) is 0 Å². The number of nitrogens with zero attached hydrogens (tertiary/aromatic N) is 1. The van der Waals surface area contributed by atoms with E-state index in [0.29, 0.717) is 6.54 Å². The van der Waals surface area contributed by atoms with Gasteiger partial charge in [-0.15, -0.1) is 0 Å². The second kappa shape index (κ2) is 7.28. The molecule has 0 bridgehead atoms. The third kappa shape index (κ3) is 3.69. The van der Waals surface area contributed by atoms with Gasteiger partial charge in [0.2, 0.25) is 5.91 Å². The van der Waals surface area contributed by atoms with Gasteiger partial charge < -0.3 is 15.0 Å². The molecule has 2 aromatic rings. The first-order valence-corrected chi connectivity index (χ1v) is 8.71. The molecule has 4 nitrogen and oxygen atoms in total. The summed E-state index contributed by atoms with van der Waals surface area (Å²) in [4.78, 5) is 15.0. The minimum Gasteiger partial charge on any atom is -0.497 e. The molecule has 0 saturated heterocycles. The van der Waals surface area contributed by atoms with Gasteiger partial charge >= 0.3 is 0 Å². The van der Waals surface area contributed by atoms with Crippen molar-refractivity contribution in [2.75, 3.05) is 27.7 Å². The summed E-state index contributed by atoms with van der Waals surface area (Å²) in [6.07, 6.45) is 1.85. The van der Waals surface area contributed by atoms with Crippen LogP contribution in [0.15, 0.2) is 54.6 Å². The predicted molar refractivity (Wildman–Crippen MR) is 99.8 cm³/mol. The molecule has 0 heterocycles. The van der Waals surface area contributed by atoms with Gasteiger partial charge in [0.25, 0.3) is 0 Å². The Balaban J connectivity index is 1.71. The summed E-state index contributed by atoms with van der Waals surface area (Å²) < 4.78 is 5.33. The van der Waals surface area contributed by atoms with Gasteiger partial charge in [0.15, 0.2) is 0 Å². The third-order valence-electron chi connectivity index (χ3n) is 5.07. The van der Waals surface area contributed by atoms with E-state index in [-0.39, 0.29) is 17.4 Å². The molecule has 1 fully saturated rings. The number of carbonyl (C=O) groups is 1. The summed E-state index contributed by atoms with van der Waals surface area (Å²) in [5.41, 5.74) is 1.93. The lowest BCUT2D eigenvalue weighted by Gasteiger charge is -2.26. The van der Waals surface area contributed by atoms with Gasteiger partial charge in [0.1, 0.15) is 5.75 Å². The smallest absolute Gasteiger partial charge is 0.230 e. The van der Waals surface area contributed by atoms with Gasteiger partial charge in [-0.05, 0) is 50.2 Å². The summed E-state index contributed by atoms with van der Waals surface area (Å²) in [6.45, 7) is 0.577. The lowest BCUT2D eigenvalue weighted by Crippen LogP contribution is -2.40. The van der Waals surface area contributed by atoms with E-state index in [2.05, 4.69) is 28.4 Å². The molecule has 1 aliphatic rings. The number of ether oxygens (including phenoxy) is 1. The normalized spacial score (nSPS) is 16.3. The van der Waals surface area contributed by atoms with E-state index < -0.39 is 0 Å². The fourth-order valence-corrected chi connectivity index (χ4v) is 3.33. The van der Waals surface area contributed by atoms with Gasteiger partial charge in [-0.3, -0.25) is 4.79 Å². The zero-order chi connectivity index (χ0) is 17.9. The molecular formula is C21H26N2O2. The van der Waals surface area contributed by atoms with E-state index in [9.17, 15) is 4.79 Å². The van der Waals surface area contributed by atoms with Crippen molar-refractivity contribution in [2.45, 2.75) is 24.3 Å². The van der Waals surface area contributed by atoms with Crippen molar-refractivity contribution in [1.29, 1.82) is 0 Å². The summed E-state index contributed by atoms with van der Waals surface area (Å²) >= 11 is 0. The number of methoxy groups -OCH3 is 1. The fraction of sp³-hybridized carbons (Fsp3) is 0.381. The molecule has 1 N–H and O–H groups in total. The summed E-state index contributed by atoms with van der Waals surface area (Å²) in [7, 11) is 5.73. The molecule has 1 amide bonds. The zero-order valence-corrected chi connectivity index (χ0v) is 15.2. The highest BCUT2D eigenvalue weighted by Gasteiger charge is 2.51. The van der Waals surface area contributed by atoms with Crippen molar-refractivity contribution in [2.24, 2.45) is 0 Å². The van der Waals surface area contributed by atoms with E-state index in [1.807, 2.05) is 50.5 Å². The number of nitrogens with one attached hydrogen (secondary N) is 1. The Morgan fingerprint density at radius 2 is 1.88 bits per heavy atom. The molecule has 1 atom stereocenters. The summed E-state index contributed by atoms with van der Waals surface area (Å²) in [5, 5.41) is 3.18. The van der Waals surface area contributed by atoms with Crippen LogP contribution in [0.4, 0.5) is 0 Å². The second-order valence-corrected chi connectivity index (χ2v) is 6.91. The molecule has 0 spiro atoms. The lowest BCUT2D eigenvalue weighted by atomic mass is 9.95. The molecule has 1 saturated carbocycles. The maximum Gasteiger partial charge on any atom is 0.230 e. The van der Waals surface area contributed by atoms with Crippen LogP contribution in [-0.4, -0.2) is 38.6 Å². The van der Waals surface area contributed by atoms with Crippen LogP contribution >= 0.6 is 0 Å². The maximum atomic E-state index is 12.9. The first-order valence-electron chi connectivity index (χ1n) is 8.71. The van der Waals surface area contributed by atoms with Gasteiger partial charge in [0.05, 0.1) is 18.6 Å². The van der Waals surface area contributed by atoms with Crippen molar-refractivity contribution in [3.05, 3.63) is 65.7 Å². The lowest BCUT2D eigenvalue weighted by molar-refractivity contribution is -0.123. The Morgan fingerprint density at radius 1 is 1.16 bits per heavy atom. The minimum atomic E-state index is -0.327. The van der Waals surface area contributed by atoms with Gasteiger partial charge in [-0.1, -0.05) is 42.5 Å². The molecule has 3 rings (SSSR count). The molecular weight excluding hydrogens is 312 g/mol. The van der Waals surface area contributed by atoms with E-state index >= 15 is 0 Å². The van der Waals surface area contributed by atoms with Gasteiger partial charge in [0, 0.05) is 6.54 Å². The topological polar surface area (TPSA) is 41.6 Å². The van der Waals surface area contributed by atoms with E-state index in [1.54, 1.807) is 7.11 Å². The number of benzene rings is 2. The SMILES string of the molecule is COc1cccc(C(CNC(=O)C2(c3ccccc3)CC2)N(C)C)c1. The minimum absolute atomic E-state index is 0.102. The Morgan fingerprint density at radius 3 is 2.48 bits per heavy atom. The van der Waals surface area contributed by atoms with E-state index in [1.165, 1.54) is 0 Å². The highest BCUT2D eigenvalue weighted by molar-refractivity contribution is 5.91. The van der Waals surface area contributed by atoms with Gasteiger partial charge in [-0.2, -0.15) is 0 Å². The monoisotopic (exact) mass is 338 g/mol. The molecule has 2 aromatic carbocycles. The van der Waals surface area contributed by atoms with Crippen LogP contribution in [0.1, 0.15) is 30.0 Å². The summed E-state index contributed by atoms with van der Waals surface area (Å²) in [5.74, 6) is 0.965. The largest absolute Gasteiger partial charge is 0.497 e. The van der Waals surface area contributed by atoms with Crippen LogP contribution in [0.2, 0.25) is 0 Å². The Hall–Kier alpha value is -2.33. The molecule has 132 valence electrons. The standard InChI is InChI=1S/C21H26N2O2/c1-23(2)19(16-8-7-11-18(14-16)25-3)15-22-20(24)21(12-13-21)17-9-5-4-6-10-17/h4-11,14,19H,12-13,15H2,1-3H3,(H,22,24). The van der Waals surface area contributed by atoms with Crippen LogP contribution in [0, 0.1) is 0 Å². The Labute approximate surface area is 149 Å². The Kier molecular flexibility index (Phi) is 5.09. The number of amides is 1. The second-order valence-electron chi connectivity index (χ2n) is 6.91. The molecule has 1 unspecified atom stereocenters. The van der Waals surface area contributed by atoms with Crippen molar-refractivity contribution in [1.82, 2.24) is 10.2 Å². The quantitative estimate of drug-likeness (QED) is 0.843. The third-order valence-corrected chi connectivity index (χ3v) is 5.07. The van der Waals surface area contributed by atoms with Crippen LogP contribution in [0.3, 0.4) is 0 Å². The van der Waals surface area contributed by atoms with Crippen molar-refractivity contribution < 1.29 is 9.53 Å². The summed E-state index contributed by atoms with van der Waals surface area (Å²) in [6, 6.07) is 18.2. The van der Waals surface area contributed by atoms with E-state index in [0.717, 1.165) is 29.7 Å². The molecule has 0 radical (unpaired) electrons. The average Bonchev–Trinajstić information content (AvgIpc) is 3.44. The number of rotatable bonds is 7. The molecule has 4 heteroatoms. The van der Waals surface area contributed by atoms with Crippen LogP contribution in [0.5, 0.6) is 5.75 Å². The zero-order valence-electron chi connectivity index (χ0n) is 15.2. The number of likely N-dealkylation sites (N-methyl/N-ethyl adjacent to an activating group) is 1. The van der Waals surface area contributed by atoms with Crippen LogP contribution in [0.25, 0.3) is 0 Å². The van der Waals surface area contributed by atoms with Crippen LogP contribution in [-0.2, 0) is 10.2 Å². The first-order chi connectivity index (χ1) is 12.1. The van der Waals surface area contributed by atoms with Crippen molar-refractivity contribution >= 4 is 5.91 Å². The van der Waals surface area contributed by atoms with E-state index in [4.69, 9.17) is 4.74 Å². The maximum absolute atomic E-state index is 12.9. The molecule has 25 heavy (non-hydrogen) atoms. The average molecular weight is 338 g/mol. The molecule has 0 aliphatic heterocycles. The van der Waals surface area contributed by atoms with Crippen molar-refractivity contribution in [3.8, 4) is 5.75 Å². The highest BCUT2D eigenvalue weighted by Crippen LogP contribution is 2.48. The number of carbonyl (C=O) groups excluding carboxylic acids is 1. The first kappa shape index (κ1) is 17.5. The molecule has 1 aliphatic carbocycles. The highest BCUT2D eigenvalue weighted by atomic mass is 16.5. The molecule has 0 aromatic heterocycles.